The molecule has 116 valence electrons. The van der Waals surface area contributed by atoms with Gasteiger partial charge in [-0.25, -0.2) is 0 Å². The molecule has 1 heterocycles. The van der Waals surface area contributed by atoms with Crippen molar-refractivity contribution in [1.82, 2.24) is 4.98 Å². The van der Waals surface area contributed by atoms with E-state index in [4.69, 9.17) is 22.6 Å². The largest absolute Gasteiger partial charge is 0.354 e. The number of nitriles is 1. The maximum Gasteiger partial charge on any atom is 0.0991 e. The van der Waals surface area contributed by atoms with Crippen LogP contribution in [-0.2, 0) is 6.42 Å². The fourth-order valence-electron chi connectivity index (χ4n) is 2.89. The van der Waals surface area contributed by atoms with Gasteiger partial charge < -0.3 is 10.7 Å². The molecule has 2 aromatic carbocycles. The molecule has 0 amide bonds. The Kier molecular flexibility index (Phi) is 4.66. The van der Waals surface area contributed by atoms with Crippen LogP contribution < -0.4 is 5.73 Å². The average Bonchev–Trinajstić information content (AvgIpc) is 2.93. The van der Waals surface area contributed by atoms with E-state index < -0.39 is 0 Å². The summed E-state index contributed by atoms with van der Waals surface area (Å²) in [5.74, 6) is 0. The summed E-state index contributed by atoms with van der Waals surface area (Å²) in [7, 11) is 0. The Morgan fingerprint density at radius 1 is 1.09 bits per heavy atom. The quantitative estimate of drug-likeness (QED) is 0.672. The number of rotatable bonds is 5. The second-order valence-electron chi connectivity index (χ2n) is 5.60. The fraction of sp³-hybridized carbons (Fsp3) is 0.211. The number of nitrogens with one attached hydrogen (secondary N) is 1. The predicted octanol–water partition coefficient (Wildman–Crippen LogP) is 4.64. The molecule has 3 N–H and O–H groups in total. The standard InChI is InChI=1S/C19H18ClN3/c20-15-7-5-14(6-8-15)19-16(3-1-2-10-21)17-11-13(12-22)4-9-18(17)23-19/h4-9,11,23H,1-3,10,21H2. The van der Waals surface area contributed by atoms with Crippen molar-refractivity contribution in [2.75, 3.05) is 6.54 Å². The highest BCUT2D eigenvalue weighted by Crippen LogP contribution is 2.32. The molecule has 1 aromatic heterocycles. The zero-order chi connectivity index (χ0) is 16.2. The van der Waals surface area contributed by atoms with Gasteiger partial charge in [0, 0.05) is 21.6 Å². The Balaban J connectivity index is 2.13. The number of nitrogens with zero attached hydrogens (tertiary/aromatic N) is 1. The highest BCUT2D eigenvalue weighted by molar-refractivity contribution is 6.30. The van der Waals surface area contributed by atoms with E-state index in [0.29, 0.717) is 12.1 Å². The lowest BCUT2D eigenvalue weighted by Crippen LogP contribution is -1.99. The van der Waals surface area contributed by atoms with E-state index in [1.165, 1.54) is 5.56 Å². The second kappa shape index (κ2) is 6.87. The van der Waals surface area contributed by atoms with Gasteiger partial charge in [0.15, 0.2) is 0 Å². The molecule has 0 aliphatic heterocycles. The van der Waals surface area contributed by atoms with Gasteiger partial charge in [0.25, 0.3) is 0 Å². The number of fused-ring (bicyclic) bond motifs is 1. The molecule has 3 rings (SSSR count). The third kappa shape index (κ3) is 3.24. The first-order valence-electron chi connectivity index (χ1n) is 7.73. The van der Waals surface area contributed by atoms with Crippen LogP contribution in [0.4, 0.5) is 0 Å². The van der Waals surface area contributed by atoms with Gasteiger partial charge in [-0.1, -0.05) is 23.7 Å². The lowest BCUT2D eigenvalue weighted by molar-refractivity contribution is 0.748. The number of aromatic amines is 1. The molecule has 3 nitrogen and oxygen atoms in total. The number of nitrogens with two attached hydrogens (primary N) is 1. The molecule has 3 aromatic rings. The maximum atomic E-state index is 9.17. The van der Waals surface area contributed by atoms with Crippen LogP contribution in [0.1, 0.15) is 24.0 Å². The SMILES string of the molecule is N#Cc1ccc2[nH]c(-c3ccc(Cl)cc3)c(CCCCN)c2c1. The van der Waals surface area contributed by atoms with E-state index in [1.54, 1.807) is 0 Å². The zero-order valence-corrected chi connectivity index (χ0v) is 13.5. The minimum atomic E-state index is 0.680. The van der Waals surface area contributed by atoms with E-state index in [2.05, 4.69) is 11.1 Å². The van der Waals surface area contributed by atoms with E-state index in [9.17, 15) is 0 Å². The molecule has 0 spiro atoms. The van der Waals surface area contributed by atoms with Gasteiger partial charge in [-0.2, -0.15) is 5.26 Å². The van der Waals surface area contributed by atoms with Crippen LogP contribution in [0.15, 0.2) is 42.5 Å². The van der Waals surface area contributed by atoms with Gasteiger partial charge in [0.05, 0.1) is 11.6 Å². The number of hydrogen-bond acceptors (Lipinski definition) is 2. The molecule has 0 saturated carbocycles. The molecule has 0 radical (unpaired) electrons. The van der Waals surface area contributed by atoms with E-state index in [1.807, 2.05) is 42.5 Å². The minimum Gasteiger partial charge on any atom is -0.354 e. The molecule has 0 saturated heterocycles. The lowest BCUT2D eigenvalue weighted by Gasteiger charge is -2.05. The number of aryl methyl sites for hydroxylation is 1. The van der Waals surface area contributed by atoms with Crippen molar-refractivity contribution in [3.8, 4) is 17.3 Å². The summed E-state index contributed by atoms with van der Waals surface area (Å²) in [4.78, 5) is 3.49. The topological polar surface area (TPSA) is 65.6 Å². The molecule has 0 atom stereocenters. The van der Waals surface area contributed by atoms with Gasteiger partial charge in [-0.15, -0.1) is 0 Å². The van der Waals surface area contributed by atoms with Crippen molar-refractivity contribution in [3.05, 3.63) is 58.6 Å². The second-order valence-corrected chi connectivity index (χ2v) is 6.04. The van der Waals surface area contributed by atoms with Crippen LogP contribution in [0, 0.1) is 11.3 Å². The van der Waals surface area contributed by atoms with E-state index in [-0.39, 0.29) is 0 Å². The molecule has 23 heavy (non-hydrogen) atoms. The molecular weight excluding hydrogens is 306 g/mol. The van der Waals surface area contributed by atoms with Crippen LogP contribution in [0.2, 0.25) is 5.02 Å². The summed E-state index contributed by atoms with van der Waals surface area (Å²) in [5, 5.41) is 11.0. The van der Waals surface area contributed by atoms with Crippen molar-refractivity contribution >= 4 is 22.5 Å². The van der Waals surface area contributed by atoms with Gasteiger partial charge in [-0.05, 0) is 67.3 Å². The van der Waals surface area contributed by atoms with Crippen molar-refractivity contribution in [2.45, 2.75) is 19.3 Å². The Labute approximate surface area is 140 Å². The van der Waals surface area contributed by atoms with Gasteiger partial charge in [0.2, 0.25) is 0 Å². The summed E-state index contributed by atoms with van der Waals surface area (Å²) in [6.07, 6.45) is 2.95. The highest BCUT2D eigenvalue weighted by atomic mass is 35.5. The zero-order valence-electron chi connectivity index (χ0n) is 12.8. The molecule has 0 bridgehead atoms. The van der Waals surface area contributed by atoms with Crippen LogP contribution in [0.5, 0.6) is 0 Å². The third-order valence-electron chi connectivity index (χ3n) is 4.05. The lowest BCUT2D eigenvalue weighted by atomic mass is 9.99. The van der Waals surface area contributed by atoms with Gasteiger partial charge >= 0.3 is 0 Å². The van der Waals surface area contributed by atoms with Crippen molar-refractivity contribution in [2.24, 2.45) is 5.73 Å². The molecular formula is C19H18ClN3. The van der Waals surface area contributed by atoms with Crippen molar-refractivity contribution < 1.29 is 0 Å². The number of benzene rings is 2. The van der Waals surface area contributed by atoms with Crippen LogP contribution >= 0.6 is 11.6 Å². The van der Waals surface area contributed by atoms with Crippen molar-refractivity contribution in [3.63, 3.8) is 0 Å². The first kappa shape index (κ1) is 15.6. The predicted molar refractivity (Wildman–Crippen MR) is 95.5 cm³/mol. The van der Waals surface area contributed by atoms with Gasteiger partial charge in [-0.3, -0.25) is 0 Å². The monoisotopic (exact) mass is 323 g/mol. The average molecular weight is 324 g/mol. The van der Waals surface area contributed by atoms with E-state index >= 15 is 0 Å². The smallest absolute Gasteiger partial charge is 0.0991 e. The van der Waals surface area contributed by atoms with Crippen LogP contribution in [0.3, 0.4) is 0 Å². The number of unbranched alkanes of at least 4 members (excludes halogenated alkanes) is 1. The van der Waals surface area contributed by atoms with Crippen molar-refractivity contribution in [1.29, 1.82) is 5.26 Å². The number of H-pyrrole nitrogens is 1. The Bertz CT molecular complexity index is 857. The van der Waals surface area contributed by atoms with E-state index in [0.717, 1.165) is 46.4 Å². The molecule has 0 fully saturated rings. The summed E-state index contributed by atoms with van der Waals surface area (Å²) >= 11 is 6.00. The maximum absolute atomic E-state index is 9.17. The summed E-state index contributed by atoms with van der Waals surface area (Å²) in [5.41, 5.74) is 10.8. The number of hydrogen-bond donors (Lipinski definition) is 2. The molecule has 4 heteroatoms. The molecule has 0 aliphatic carbocycles. The number of aromatic nitrogens is 1. The van der Waals surface area contributed by atoms with Crippen LogP contribution in [-0.4, -0.2) is 11.5 Å². The first-order chi connectivity index (χ1) is 11.2. The number of halogens is 1. The highest BCUT2D eigenvalue weighted by Gasteiger charge is 2.13. The Morgan fingerprint density at radius 2 is 1.87 bits per heavy atom. The third-order valence-corrected chi connectivity index (χ3v) is 4.30. The van der Waals surface area contributed by atoms with Crippen LogP contribution in [0.25, 0.3) is 22.2 Å². The fourth-order valence-corrected chi connectivity index (χ4v) is 3.01. The summed E-state index contributed by atoms with van der Waals surface area (Å²) < 4.78 is 0. The normalized spacial score (nSPS) is 10.8. The Hall–Kier alpha value is -2.28. The summed E-state index contributed by atoms with van der Waals surface area (Å²) in [6, 6.07) is 15.8. The molecule has 0 aliphatic rings. The molecule has 0 unspecified atom stereocenters. The first-order valence-corrected chi connectivity index (χ1v) is 8.11. The summed E-state index contributed by atoms with van der Waals surface area (Å²) in [6.45, 7) is 0.697. The minimum absolute atomic E-state index is 0.680. The Morgan fingerprint density at radius 3 is 2.57 bits per heavy atom. The van der Waals surface area contributed by atoms with Gasteiger partial charge in [0.1, 0.15) is 0 Å².